The Bertz CT molecular complexity index is 1380. The number of carbonyl (C=O) groups is 1. The minimum absolute atomic E-state index is 0.0596. The van der Waals surface area contributed by atoms with Crippen molar-refractivity contribution >= 4 is 32.7 Å². The molecule has 1 atom stereocenters. The van der Waals surface area contributed by atoms with Gasteiger partial charge in [-0.2, -0.15) is 4.31 Å². The third-order valence-corrected chi connectivity index (χ3v) is 7.37. The number of halogens is 3. The third-order valence-electron chi connectivity index (χ3n) is 5.51. The largest absolute Gasteiger partial charge is 0.573 e. The summed E-state index contributed by atoms with van der Waals surface area (Å²) in [5.74, 6) is -2.15. The zero-order valence-electron chi connectivity index (χ0n) is 17.8. The lowest BCUT2D eigenvalue weighted by Gasteiger charge is -2.31. The molecule has 1 N–H and O–H groups in total. The van der Waals surface area contributed by atoms with Gasteiger partial charge in [0.2, 0.25) is 15.9 Å². The standard InChI is InChI=1S/C21H20F3N3O6S/c1-26-17-9-8-16(11-18(17)32-20(26)29)34(30,31)27-10-2-3-13(12-27)19(28)25-14-4-6-15(7-5-14)33-21(22,23)24/h4-9,11,13H,2-3,10,12H2,1H3,(H,25,28). The summed E-state index contributed by atoms with van der Waals surface area (Å²) in [6, 6.07) is 8.80. The average molecular weight is 499 g/mol. The van der Waals surface area contributed by atoms with Crippen LogP contribution in [0.15, 0.2) is 56.6 Å². The fourth-order valence-electron chi connectivity index (χ4n) is 3.78. The SMILES string of the molecule is Cn1c(=O)oc2cc(S(=O)(=O)N3CCCC(C(=O)Nc4ccc(OC(F)(F)F)cc4)C3)ccc21. The number of nitrogens with zero attached hydrogens (tertiary/aromatic N) is 2. The van der Waals surface area contributed by atoms with E-state index in [1.54, 1.807) is 0 Å². The molecule has 1 fully saturated rings. The van der Waals surface area contributed by atoms with Gasteiger partial charge in [0.05, 0.1) is 16.3 Å². The van der Waals surface area contributed by atoms with Crippen LogP contribution in [0.25, 0.3) is 11.1 Å². The molecular formula is C21H20F3N3O6S. The average Bonchev–Trinajstić information content (AvgIpc) is 3.07. The monoisotopic (exact) mass is 499 g/mol. The number of amides is 1. The number of sulfonamides is 1. The molecule has 1 amide bonds. The summed E-state index contributed by atoms with van der Waals surface area (Å²) >= 11 is 0. The predicted molar refractivity (Wildman–Crippen MR) is 115 cm³/mol. The van der Waals surface area contributed by atoms with Gasteiger partial charge in [-0.3, -0.25) is 9.36 Å². The van der Waals surface area contributed by atoms with E-state index < -0.39 is 39.7 Å². The van der Waals surface area contributed by atoms with Crippen LogP contribution >= 0.6 is 0 Å². The lowest BCUT2D eigenvalue weighted by atomic mass is 9.99. The molecule has 13 heteroatoms. The van der Waals surface area contributed by atoms with Crippen molar-refractivity contribution in [3.05, 3.63) is 53.0 Å². The van der Waals surface area contributed by atoms with Crippen LogP contribution in [-0.2, 0) is 21.9 Å². The first-order valence-corrected chi connectivity index (χ1v) is 11.6. The minimum atomic E-state index is -4.82. The van der Waals surface area contributed by atoms with E-state index in [1.165, 1.54) is 46.3 Å². The quantitative estimate of drug-likeness (QED) is 0.578. The predicted octanol–water partition coefficient (Wildman–Crippen LogP) is 3.07. The molecule has 3 aromatic rings. The van der Waals surface area contributed by atoms with Gasteiger partial charge in [-0.25, -0.2) is 13.2 Å². The molecule has 0 radical (unpaired) electrons. The van der Waals surface area contributed by atoms with Gasteiger partial charge in [-0.05, 0) is 49.2 Å². The fraction of sp³-hybridized carbons (Fsp3) is 0.333. The van der Waals surface area contributed by atoms with E-state index in [-0.39, 0.29) is 29.3 Å². The Kier molecular flexibility index (Phi) is 6.16. The van der Waals surface area contributed by atoms with E-state index in [0.717, 1.165) is 12.1 Å². The minimum Gasteiger partial charge on any atom is -0.408 e. The molecule has 182 valence electrons. The van der Waals surface area contributed by atoms with Crippen molar-refractivity contribution in [3.63, 3.8) is 0 Å². The summed E-state index contributed by atoms with van der Waals surface area (Å²) in [5, 5.41) is 2.60. The van der Waals surface area contributed by atoms with Crippen molar-refractivity contribution in [1.29, 1.82) is 0 Å². The highest BCUT2D eigenvalue weighted by Crippen LogP contribution is 2.28. The molecule has 9 nitrogen and oxygen atoms in total. The van der Waals surface area contributed by atoms with E-state index in [2.05, 4.69) is 10.1 Å². The highest BCUT2D eigenvalue weighted by molar-refractivity contribution is 7.89. The number of fused-ring (bicyclic) bond motifs is 1. The number of ether oxygens (including phenoxy) is 1. The highest BCUT2D eigenvalue weighted by atomic mass is 32.2. The molecule has 0 spiro atoms. The smallest absolute Gasteiger partial charge is 0.408 e. The maximum atomic E-state index is 13.2. The number of nitrogens with one attached hydrogen (secondary N) is 1. The number of carbonyl (C=O) groups excluding carboxylic acids is 1. The maximum Gasteiger partial charge on any atom is 0.573 e. The fourth-order valence-corrected chi connectivity index (χ4v) is 5.32. The van der Waals surface area contributed by atoms with Crippen LogP contribution in [0.4, 0.5) is 18.9 Å². The topological polar surface area (TPSA) is 111 Å². The van der Waals surface area contributed by atoms with E-state index in [1.807, 2.05) is 0 Å². The summed E-state index contributed by atoms with van der Waals surface area (Å²) in [6.45, 7) is 0.145. The Morgan fingerprint density at radius 2 is 1.88 bits per heavy atom. The number of aryl methyl sites for hydroxylation is 1. The highest BCUT2D eigenvalue weighted by Gasteiger charge is 2.34. The summed E-state index contributed by atoms with van der Waals surface area (Å²) in [4.78, 5) is 24.3. The van der Waals surface area contributed by atoms with Gasteiger partial charge in [0.1, 0.15) is 5.75 Å². The van der Waals surface area contributed by atoms with E-state index in [9.17, 15) is 31.2 Å². The first-order chi connectivity index (χ1) is 15.9. The van der Waals surface area contributed by atoms with Gasteiger partial charge >= 0.3 is 12.1 Å². The van der Waals surface area contributed by atoms with Crippen LogP contribution in [0.3, 0.4) is 0 Å². The van der Waals surface area contributed by atoms with Crippen LogP contribution in [-0.4, -0.2) is 42.6 Å². The Labute approximate surface area is 191 Å². The number of oxazole rings is 1. The normalized spacial score (nSPS) is 17.6. The van der Waals surface area contributed by atoms with Gasteiger partial charge in [0.25, 0.3) is 0 Å². The molecule has 1 aromatic heterocycles. The van der Waals surface area contributed by atoms with Crippen LogP contribution in [0.2, 0.25) is 0 Å². The van der Waals surface area contributed by atoms with Crippen molar-refractivity contribution in [2.75, 3.05) is 18.4 Å². The molecule has 34 heavy (non-hydrogen) atoms. The van der Waals surface area contributed by atoms with Crippen molar-refractivity contribution < 1.29 is 35.5 Å². The number of benzene rings is 2. The van der Waals surface area contributed by atoms with E-state index >= 15 is 0 Å². The molecule has 1 aliphatic rings. The lowest BCUT2D eigenvalue weighted by Crippen LogP contribution is -2.43. The second-order valence-electron chi connectivity index (χ2n) is 7.82. The van der Waals surface area contributed by atoms with Crippen LogP contribution in [0, 0.1) is 5.92 Å². The summed E-state index contributed by atoms with van der Waals surface area (Å²) < 4.78 is 74.5. The van der Waals surface area contributed by atoms with Gasteiger partial charge < -0.3 is 14.5 Å². The van der Waals surface area contributed by atoms with E-state index in [0.29, 0.717) is 18.4 Å². The molecule has 1 saturated heterocycles. The zero-order valence-corrected chi connectivity index (χ0v) is 18.6. The molecule has 2 heterocycles. The van der Waals surface area contributed by atoms with Gasteiger partial charge in [0, 0.05) is 31.9 Å². The molecule has 1 unspecified atom stereocenters. The molecule has 1 aliphatic heterocycles. The number of piperidine rings is 1. The van der Waals surface area contributed by atoms with Crippen molar-refractivity contribution in [2.45, 2.75) is 24.1 Å². The number of anilines is 1. The first-order valence-electron chi connectivity index (χ1n) is 10.2. The maximum absolute atomic E-state index is 13.2. The van der Waals surface area contributed by atoms with Crippen molar-refractivity contribution in [1.82, 2.24) is 8.87 Å². The van der Waals surface area contributed by atoms with Gasteiger partial charge in [-0.15, -0.1) is 13.2 Å². The number of alkyl halides is 3. The number of hydrogen-bond donors (Lipinski definition) is 1. The second-order valence-corrected chi connectivity index (χ2v) is 9.76. The van der Waals surface area contributed by atoms with Crippen LogP contribution in [0.1, 0.15) is 12.8 Å². The van der Waals surface area contributed by atoms with Crippen molar-refractivity contribution in [2.24, 2.45) is 13.0 Å². The second kappa shape index (κ2) is 8.80. The Balaban J connectivity index is 1.46. The lowest BCUT2D eigenvalue weighted by molar-refractivity contribution is -0.274. The molecule has 0 saturated carbocycles. The molecule has 2 aromatic carbocycles. The first kappa shape index (κ1) is 23.8. The number of rotatable bonds is 5. The Hall–Kier alpha value is -3.32. The van der Waals surface area contributed by atoms with Gasteiger partial charge in [0.15, 0.2) is 5.58 Å². The summed E-state index contributed by atoms with van der Waals surface area (Å²) in [6.07, 6.45) is -3.93. The number of hydrogen-bond acceptors (Lipinski definition) is 6. The Morgan fingerprint density at radius 3 is 2.56 bits per heavy atom. The molecule has 4 rings (SSSR count). The molecule has 0 bridgehead atoms. The molecular weight excluding hydrogens is 479 g/mol. The summed E-state index contributed by atoms with van der Waals surface area (Å²) in [7, 11) is -2.45. The Morgan fingerprint density at radius 1 is 1.18 bits per heavy atom. The van der Waals surface area contributed by atoms with Crippen LogP contribution in [0.5, 0.6) is 5.75 Å². The van der Waals surface area contributed by atoms with Crippen molar-refractivity contribution in [3.8, 4) is 5.75 Å². The number of aromatic nitrogens is 1. The van der Waals surface area contributed by atoms with Gasteiger partial charge in [-0.1, -0.05) is 0 Å². The van der Waals surface area contributed by atoms with E-state index in [4.69, 9.17) is 4.42 Å². The molecule has 0 aliphatic carbocycles. The summed E-state index contributed by atoms with van der Waals surface area (Å²) in [5.41, 5.74) is 0.841. The van der Waals surface area contributed by atoms with Crippen LogP contribution < -0.4 is 15.8 Å². The third kappa shape index (κ3) is 4.94. The zero-order chi connectivity index (χ0) is 24.7.